The Morgan fingerprint density at radius 2 is 2.05 bits per heavy atom. The van der Waals surface area contributed by atoms with Crippen LogP contribution in [0.4, 0.5) is 5.69 Å². The number of benzene rings is 1. The van der Waals surface area contributed by atoms with E-state index in [4.69, 9.17) is 0 Å². The van der Waals surface area contributed by atoms with E-state index < -0.39 is 4.92 Å². The molecule has 7 heteroatoms. The Kier molecular flexibility index (Phi) is 4.74. The largest absolute Gasteiger partial charge is 0.309 e. The van der Waals surface area contributed by atoms with Crippen LogP contribution in [0.15, 0.2) is 23.0 Å². The molecule has 0 radical (unpaired) electrons. The Balaban J connectivity index is 2.07. The molecular formula is C14H20N4O3. The maximum absolute atomic E-state index is 11.8. The molecule has 7 nitrogen and oxygen atoms in total. The Hall–Kier alpha value is -2.15. The van der Waals surface area contributed by atoms with Crippen molar-refractivity contribution in [3.8, 4) is 0 Å². The summed E-state index contributed by atoms with van der Waals surface area (Å²) in [5.41, 5.74) is 0.386. The maximum Gasteiger partial charge on any atom is 0.272 e. The van der Waals surface area contributed by atoms with Gasteiger partial charge in [-0.15, -0.1) is 0 Å². The Bertz CT molecular complexity index is 687. The van der Waals surface area contributed by atoms with Gasteiger partial charge in [0, 0.05) is 18.7 Å². The van der Waals surface area contributed by atoms with Crippen molar-refractivity contribution in [2.75, 3.05) is 20.6 Å². The summed E-state index contributed by atoms with van der Waals surface area (Å²) < 4.78 is 1.77. The predicted octanol–water partition coefficient (Wildman–Crippen LogP) is 1.97. The van der Waals surface area contributed by atoms with Gasteiger partial charge in [-0.2, -0.15) is 0 Å². The zero-order chi connectivity index (χ0) is 15.4. The summed E-state index contributed by atoms with van der Waals surface area (Å²) in [6.45, 7) is 1.76. The maximum atomic E-state index is 11.8. The van der Waals surface area contributed by atoms with E-state index in [9.17, 15) is 14.9 Å². The molecule has 0 unspecified atom stereocenters. The first-order valence-electron chi connectivity index (χ1n) is 7.01. The molecule has 0 saturated carbocycles. The number of hydrogen-bond acceptors (Lipinski definition) is 4. The summed E-state index contributed by atoms with van der Waals surface area (Å²) in [4.78, 5) is 24.2. The number of hydrogen-bond donors (Lipinski definition) is 1. The molecule has 21 heavy (non-hydrogen) atoms. The first kappa shape index (κ1) is 15.2. The van der Waals surface area contributed by atoms with Gasteiger partial charge in [0.05, 0.1) is 15.8 Å². The molecule has 0 spiro atoms. The fourth-order valence-corrected chi connectivity index (χ4v) is 2.35. The fraction of sp³-hybridized carbons (Fsp3) is 0.500. The van der Waals surface area contributed by atoms with Crippen LogP contribution in [0.5, 0.6) is 0 Å². The van der Waals surface area contributed by atoms with Gasteiger partial charge in [-0.3, -0.25) is 24.7 Å². The second-order valence-electron chi connectivity index (χ2n) is 5.42. The highest BCUT2D eigenvalue weighted by Gasteiger charge is 2.12. The smallest absolute Gasteiger partial charge is 0.272 e. The number of aryl methyl sites for hydroxylation is 1. The molecule has 0 saturated heterocycles. The van der Waals surface area contributed by atoms with Crippen LogP contribution in [-0.4, -0.2) is 40.2 Å². The van der Waals surface area contributed by atoms with Crippen molar-refractivity contribution in [3.05, 3.63) is 38.7 Å². The standard InChI is InChI=1S/C14H20N4O3/c1-16(2)8-4-3-5-9-17-13-7-6-11(18(20)21)10-12(13)14(19)15-17/h6-7,10H,3-5,8-9H2,1-2H3,(H,15,19). The first-order chi connectivity index (χ1) is 9.99. The van der Waals surface area contributed by atoms with Crippen LogP contribution in [0.2, 0.25) is 0 Å². The average Bonchev–Trinajstić information content (AvgIpc) is 2.74. The number of nitrogens with zero attached hydrogens (tertiary/aromatic N) is 3. The van der Waals surface area contributed by atoms with Gasteiger partial charge in [0.15, 0.2) is 0 Å². The predicted molar refractivity (Wildman–Crippen MR) is 81.6 cm³/mol. The number of rotatable bonds is 7. The Labute approximate surface area is 122 Å². The second kappa shape index (κ2) is 6.53. The Morgan fingerprint density at radius 1 is 1.29 bits per heavy atom. The van der Waals surface area contributed by atoms with Crippen LogP contribution < -0.4 is 5.56 Å². The minimum atomic E-state index is -0.489. The van der Waals surface area contributed by atoms with Crippen molar-refractivity contribution >= 4 is 16.6 Å². The zero-order valence-electron chi connectivity index (χ0n) is 12.3. The van der Waals surface area contributed by atoms with Gasteiger partial charge in [0.2, 0.25) is 0 Å². The highest BCUT2D eigenvalue weighted by Crippen LogP contribution is 2.18. The van der Waals surface area contributed by atoms with E-state index in [1.165, 1.54) is 12.1 Å². The van der Waals surface area contributed by atoms with Crippen molar-refractivity contribution in [2.24, 2.45) is 0 Å². The van der Waals surface area contributed by atoms with Gasteiger partial charge in [-0.25, -0.2) is 0 Å². The van der Waals surface area contributed by atoms with E-state index in [1.54, 1.807) is 10.7 Å². The molecule has 0 bridgehead atoms. The molecule has 2 rings (SSSR count). The lowest BCUT2D eigenvalue weighted by atomic mass is 10.2. The minimum absolute atomic E-state index is 0.0586. The lowest BCUT2D eigenvalue weighted by Crippen LogP contribution is -2.13. The Morgan fingerprint density at radius 3 is 2.71 bits per heavy atom. The van der Waals surface area contributed by atoms with Crippen molar-refractivity contribution in [1.82, 2.24) is 14.7 Å². The summed E-state index contributed by atoms with van der Waals surface area (Å²) in [6, 6.07) is 4.39. The molecule has 1 aromatic heterocycles. The highest BCUT2D eigenvalue weighted by atomic mass is 16.6. The van der Waals surface area contributed by atoms with Crippen LogP contribution in [-0.2, 0) is 6.54 Å². The number of aromatic nitrogens is 2. The number of H-pyrrole nitrogens is 1. The highest BCUT2D eigenvalue weighted by molar-refractivity contribution is 5.80. The number of aromatic amines is 1. The van der Waals surface area contributed by atoms with E-state index in [0.29, 0.717) is 11.9 Å². The van der Waals surface area contributed by atoms with Gasteiger partial charge in [-0.05, 0) is 39.5 Å². The van der Waals surface area contributed by atoms with Crippen molar-refractivity contribution in [1.29, 1.82) is 0 Å². The van der Waals surface area contributed by atoms with E-state index in [2.05, 4.69) is 10.00 Å². The normalized spacial score (nSPS) is 11.4. The van der Waals surface area contributed by atoms with E-state index >= 15 is 0 Å². The number of nitro groups is 1. The van der Waals surface area contributed by atoms with Crippen molar-refractivity contribution < 1.29 is 4.92 Å². The molecule has 0 aliphatic heterocycles. The van der Waals surface area contributed by atoms with Gasteiger partial charge in [0.1, 0.15) is 0 Å². The third-order valence-corrected chi connectivity index (χ3v) is 3.45. The molecule has 0 atom stereocenters. The quantitative estimate of drug-likeness (QED) is 0.480. The lowest BCUT2D eigenvalue weighted by molar-refractivity contribution is -0.384. The second-order valence-corrected chi connectivity index (χ2v) is 5.42. The molecular weight excluding hydrogens is 272 g/mol. The van der Waals surface area contributed by atoms with Crippen LogP contribution in [0.1, 0.15) is 19.3 Å². The third kappa shape index (κ3) is 3.69. The average molecular weight is 292 g/mol. The zero-order valence-corrected chi connectivity index (χ0v) is 12.3. The molecule has 2 aromatic rings. The van der Waals surface area contributed by atoms with Crippen LogP contribution >= 0.6 is 0 Å². The number of nitrogens with one attached hydrogen (secondary N) is 1. The molecule has 0 aliphatic rings. The fourth-order valence-electron chi connectivity index (χ4n) is 2.35. The summed E-state index contributed by atoms with van der Waals surface area (Å²) >= 11 is 0. The number of unbranched alkanes of at least 4 members (excludes halogenated alkanes) is 2. The lowest BCUT2D eigenvalue weighted by Gasteiger charge is -2.09. The SMILES string of the molecule is CN(C)CCCCCn1[nH]c(=O)c2cc([N+](=O)[O-])ccc21. The molecule has 1 heterocycles. The van der Waals surface area contributed by atoms with Gasteiger partial charge in [0.25, 0.3) is 11.2 Å². The van der Waals surface area contributed by atoms with Crippen molar-refractivity contribution in [2.45, 2.75) is 25.8 Å². The number of fused-ring (bicyclic) bond motifs is 1. The van der Waals surface area contributed by atoms with E-state index in [0.717, 1.165) is 31.3 Å². The van der Waals surface area contributed by atoms with Gasteiger partial charge < -0.3 is 4.90 Å². The third-order valence-electron chi connectivity index (χ3n) is 3.45. The monoisotopic (exact) mass is 292 g/mol. The molecule has 0 amide bonds. The van der Waals surface area contributed by atoms with Crippen LogP contribution in [0.3, 0.4) is 0 Å². The van der Waals surface area contributed by atoms with Crippen LogP contribution in [0, 0.1) is 10.1 Å². The van der Waals surface area contributed by atoms with Crippen LogP contribution in [0.25, 0.3) is 10.9 Å². The van der Waals surface area contributed by atoms with E-state index in [1.807, 2.05) is 14.1 Å². The molecule has 1 N–H and O–H groups in total. The first-order valence-corrected chi connectivity index (χ1v) is 7.01. The molecule has 0 fully saturated rings. The molecule has 0 aliphatic carbocycles. The topological polar surface area (TPSA) is 84.2 Å². The minimum Gasteiger partial charge on any atom is -0.309 e. The summed E-state index contributed by atoms with van der Waals surface area (Å²) in [7, 11) is 4.09. The molecule has 1 aromatic carbocycles. The number of non-ortho nitro benzene ring substituents is 1. The van der Waals surface area contributed by atoms with E-state index in [-0.39, 0.29) is 11.2 Å². The molecule has 114 valence electrons. The summed E-state index contributed by atoms with van der Waals surface area (Å²) in [5.74, 6) is 0. The van der Waals surface area contributed by atoms with Crippen molar-refractivity contribution in [3.63, 3.8) is 0 Å². The number of nitro benzene ring substituents is 1. The summed E-state index contributed by atoms with van der Waals surface area (Å²) in [6.07, 6.45) is 3.15. The van der Waals surface area contributed by atoms with Gasteiger partial charge in [-0.1, -0.05) is 6.42 Å². The van der Waals surface area contributed by atoms with Gasteiger partial charge >= 0.3 is 0 Å². The summed E-state index contributed by atoms with van der Waals surface area (Å²) in [5, 5.41) is 13.9.